The molecule has 20 heavy (non-hydrogen) atoms. The summed E-state index contributed by atoms with van der Waals surface area (Å²) in [5.74, 6) is 0.241. The number of hydrogen-bond acceptors (Lipinski definition) is 4. The third kappa shape index (κ3) is 5.58. The first-order valence-corrected chi connectivity index (χ1v) is 8.24. The van der Waals surface area contributed by atoms with E-state index in [1.807, 2.05) is 6.26 Å². The molecule has 2 N–H and O–H groups in total. The summed E-state index contributed by atoms with van der Waals surface area (Å²) >= 11 is 1.57. The van der Waals surface area contributed by atoms with Crippen LogP contribution in [0.5, 0.6) is 0 Å². The predicted molar refractivity (Wildman–Crippen MR) is 79.1 cm³/mol. The Balaban J connectivity index is 2.39. The van der Waals surface area contributed by atoms with Gasteiger partial charge >= 0.3 is 12.0 Å². The fourth-order valence-electron chi connectivity index (χ4n) is 2.27. The number of likely N-dealkylation sites (tertiary alicyclic amines) is 1. The van der Waals surface area contributed by atoms with Crippen molar-refractivity contribution in [2.24, 2.45) is 5.92 Å². The van der Waals surface area contributed by atoms with Crippen molar-refractivity contribution in [3.05, 3.63) is 0 Å². The number of nitrogens with zero attached hydrogens (tertiary/aromatic N) is 1. The number of amides is 2. The zero-order chi connectivity index (χ0) is 15.0. The fourth-order valence-corrected chi connectivity index (χ4v) is 2.74. The zero-order valence-corrected chi connectivity index (χ0v) is 12.9. The van der Waals surface area contributed by atoms with Crippen molar-refractivity contribution in [2.45, 2.75) is 25.3 Å². The minimum atomic E-state index is -0.971. The number of carbonyl (C=O) groups is 2. The molecule has 7 heteroatoms. The number of nitrogens with one attached hydrogen (secondary N) is 1. The highest BCUT2D eigenvalue weighted by Gasteiger charge is 2.26. The van der Waals surface area contributed by atoms with Gasteiger partial charge in [-0.05, 0) is 37.2 Å². The molecule has 1 aliphatic heterocycles. The SMILES string of the molecule is COCC1CCN(C(=O)N[C@H](CCSC)C(=O)O)CC1. The molecule has 0 spiro atoms. The summed E-state index contributed by atoms with van der Waals surface area (Å²) in [6.07, 6.45) is 4.18. The Labute approximate surface area is 124 Å². The second-order valence-corrected chi connectivity index (χ2v) is 5.99. The van der Waals surface area contributed by atoms with Crippen LogP contribution in [-0.2, 0) is 9.53 Å². The Morgan fingerprint density at radius 3 is 2.60 bits per heavy atom. The van der Waals surface area contributed by atoms with Gasteiger partial charge in [0.05, 0.1) is 0 Å². The van der Waals surface area contributed by atoms with Crippen molar-refractivity contribution in [1.82, 2.24) is 10.2 Å². The predicted octanol–water partition coefficient (Wildman–Crippen LogP) is 1.26. The summed E-state index contributed by atoms with van der Waals surface area (Å²) < 4.78 is 5.12. The van der Waals surface area contributed by atoms with E-state index in [1.54, 1.807) is 23.8 Å². The van der Waals surface area contributed by atoms with Crippen molar-refractivity contribution >= 4 is 23.8 Å². The number of hydrogen-bond donors (Lipinski definition) is 2. The Morgan fingerprint density at radius 2 is 2.10 bits per heavy atom. The van der Waals surface area contributed by atoms with Crippen LogP contribution >= 0.6 is 11.8 Å². The van der Waals surface area contributed by atoms with Gasteiger partial charge in [-0.25, -0.2) is 9.59 Å². The fraction of sp³-hybridized carbons (Fsp3) is 0.846. The maximum absolute atomic E-state index is 12.1. The zero-order valence-electron chi connectivity index (χ0n) is 12.1. The van der Waals surface area contributed by atoms with E-state index in [0.717, 1.165) is 19.4 Å². The summed E-state index contributed by atoms with van der Waals surface area (Å²) in [5.41, 5.74) is 0. The molecule has 0 aromatic carbocycles. The van der Waals surface area contributed by atoms with Gasteiger partial charge in [-0.1, -0.05) is 0 Å². The summed E-state index contributed by atoms with van der Waals surface area (Å²) in [4.78, 5) is 24.9. The Morgan fingerprint density at radius 1 is 1.45 bits per heavy atom. The molecule has 1 atom stereocenters. The van der Waals surface area contributed by atoms with E-state index in [4.69, 9.17) is 9.84 Å². The minimum absolute atomic E-state index is 0.269. The Hall–Kier alpha value is -0.950. The van der Waals surface area contributed by atoms with Gasteiger partial charge in [0.25, 0.3) is 0 Å². The number of thioether (sulfide) groups is 1. The second kappa shape index (κ2) is 9.07. The summed E-state index contributed by atoms with van der Waals surface area (Å²) in [6.45, 7) is 2.05. The molecule has 1 fully saturated rings. The lowest BCUT2D eigenvalue weighted by molar-refractivity contribution is -0.139. The summed E-state index contributed by atoms with van der Waals surface area (Å²) in [5, 5.41) is 11.7. The number of piperidine rings is 1. The van der Waals surface area contributed by atoms with E-state index in [2.05, 4.69) is 5.32 Å². The highest BCUT2D eigenvalue weighted by Crippen LogP contribution is 2.17. The van der Waals surface area contributed by atoms with Crippen molar-refractivity contribution in [1.29, 1.82) is 0 Å². The van der Waals surface area contributed by atoms with Crippen LogP contribution in [0.1, 0.15) is 19.3 Å². The molecule has 0 aliphatic carbocycles. The molecule has 0 radical (unpaired) electrons. The number of carbonyl (C=O) groups excluding carboxylic acids is 1. The monoisotopic (exact) mass is 304 g/mol. The summed E-state index contributed by atoms with van der Waals surface area (Å²) in [7, 11) is 1.68. The van der Waals surface area contributed by atoms with Gasteiger partial charge in [-0.3, -0.25) is 0 Å². The Bertz CT molecular complexity index is 319. The number of aliphatic carboxylic acids is 1. The molecule has 0 saturated carbocycles. The first-order chi connectivity index (χ1) is 9.58. The van der Waals surface area contributed by atoms with Gasteiger partial charge in [-0.15, -0.1) is 0 Å². The molecule has 1 rings (SSSR count). The maximum Gasteiger partial charge on any atom is 0.326 e. The molecule has 2 amide bonds. The highest BCUT2D eigenvalue weighted by molar-refractivity contribution is 7.98. The molecular formula is C13H24N2O4S. The van der Waals surface area contributed by atoms with Crippen molar-refractivity contribution in [3.8, 4) is 0 Å². The second-order valence-electron chi connectivity index (χ2n) is 5.01. The molecule has 1 saturated heterocycles. The van der Waals surface area contributed by atoms with Crippen LogP contribution in [0.2, 0.25) is 0 Å². The average Bonchev–Trinajstić information content (AvgIpc) is 2.44. The van der Waals surface area contributed by atoms with Gasteiger partial charge in [0.1, 0.15) is 6.04 Å². The van der Waals surface area contributed by atoms with Crippen LogP contribution in [0.4, 0.5) is 4.79 Å². The van der Waals surface area contributed by atoms with Crippen molar-refractivity contribution < 1.29 is 19.4 Å². The van der Waals surface area contributed by atoms with Gasteiger partial charge in [0.15, 0.2) is 0 Å². The van der Waals surface area contributed by atoms with E-state index in [-0.39, 0.29) is 6.03 Å². The molecular weight excluding hydrogens is 280 g/mol. The van der Waals surface area contributed by atoms with Crippen LogP contribution in [0.25, 0.3) is 0 Å². The first kappa shape index (κ1) is 17.1. The van der Waals surface area contributed by atoms with Gasteiger partial charge in [0, 0.05) is 26.8 Å². The number of methoxy groups -OCH3 is 1. The standard InChI is InChI=1S/C13H24N2O4S/c1-19-9-10-3-6-15(7-4-10)13(18)14-11(12(16)17)5-8-20-2/h10-11H,3-9H2,1-2H3,(H,14,18)(H,16,17)/t11-/m1/s1. The first-order valence-electron chi connectivity index (χ1n) is 6.84. The normalized spacial score (nSPS) is 17.8. The lowest BCUT2D eigenvalue weighted by Gasteiger charge is -2.32. The van der Waals surface area contributed by atoms with E-state index in [9.17, 15) is 9.59 Å². The molecule has 1 heterocycles. The van der Waals surface area contributed by atoms with Crippen LogP contribution in [0.3, 0.4) is 0 Å². The third-order valence-electron chi connectivity index (χ3n) is 3.51. The van der Waals surface area contributed by atoms with Crippen LogP contribution in [0.15, 0.2) is 0 Å². The topological polar surface area (TPSA) is 78.9 Å². The molecule has 0 bridgehead atoms. The average molecular weight is 304 g/mol. The lowest BCUT2D eigenvalue weighted by Crippen LogP contribution is -2.50. The van der Waals surface area contributed by atoms with Gasteiger partial charge in [-0.2, -0.15) is 11.8 Å². The largest absolute Gasteiger partial charge is 0.480 e. The number of rotatable bonds is 7. The quantitative estimate of drug-likeness (QED) is 0.740. The third-order valence-corrected chi connectivity index (χ3v) is 4.15. The van der Waals surface area contributed by atoms with E-state index < -0.39 is 12.0 Å². The van der Waals surface area contributed by atoms with E-state index in [0.29, 0.717) is 31.2 Å². The summed E-state index contributed by atoms with van der Waals surface area (Å²) in [6, 6.07) is -1.07. The van der Waals surface area contributed by atoms with Crippen molar-refractivity contribution in [3.63, 3.8) is 0 Å². The number of urea groups is 1. The molecule has 0 aromatic heterocycles. The molecule has 0 unspecified atom stereocenters. The van der Waals surface area contributed by atoms with E-state index in [1.165, 1.54) is 0 Å². The highest BCUT2D eigenvalue weighted by atomic mass is 32.2. The Kier molecular flexibility index (Phi) is 7.76. The van der Waals surface area contributed by atoms with Crippen LogP contribution < -0.4 is 5.32 Å². The molecule has 0 aromatic rings. The smallest absolute Gasteiger partial charge is 0.326 e. The molecule has 1 aliphatic rings. The van der Waals surface area contributed by atoms with Gasteiger partial charge < -0.3 is 20.1 Å². The minimum Gasteiger partial charge on any atom is -0.480 e. The maximum atomic E-state index is 12.1. The number of carboxylic acids is 1. The van der Waals surface area contributed by atoms with Crippen LogP contribution in [-0.4, -0.2) is 66.9 Å². The molecule has 116 valence electrons. The van der Waals surface area contributed by atoms with Crippen molar-refractivity contribution in [2.75, 3.05) is 38.8 Å². The van der Waals surface area contributed by atoms with Gasteiger partial charge in [0.2, 0.25) is 0 Å². The number of carboxylic acid groups (broad SMARTS) is 1. The van der Waals surface area contributed by atoms with Crippen LogP contribution in [0, 0.1) is 5.92 Å². The lowest BCUT2D eigenvalue weighted by atomic mass is 9.98. The number of ether oxygens (including phenoxy) is 1. The molecule has 6 nitrogen and oxygen atoms in total. The van der Waals surface area contributed by atoms with E-state index >= 15 is 0 Å².